The average molecular weight is 235 g/mol. The standard InChI is InChI=1S/C13H17NO3/c1-3-9(2)14-13(15)10-4-5-11-12(8-10)17-7-6-16-11/h4-5,8-9H,3,6-7H2,1-2H3,(H,14,15). The molecule has 1 aliphatic rings. The minimum atomic E-state index is -0.0728. The number of nitrogens with one attached hydrogen (secondary N) is 1. The summed E-state index contributed by atoms with van der Waals surface area (Å²) in [5.74, 6) is 1.28. The Morgan fingerprint density at radius 1 is 1.35 bits per heavy atom. The van der Waals surface area contributed by atoms with Gasteiger partial charge in [-0.25, -0.2) is 0 Å². The maximum atomic E-state index is 11.9. The van der Waals surface area contributed by atoms with Gasteiger partial charge in [-0.3, -0.25) is 4.79 Å². The summed E-state index contributed by atoms with van der Waals surface area (Å²) in [6.07, 6.45) is 0.913. The van der Waals surface area contributed by atoms with E-state index in [2.05, 4.69) is 5.32 Å². The number of hydrogen-bond donors (Lipinski definition) is 1. The van der Waals surface area contributed by atoms with Crippen molar-refractivity contribution < 1.29 is 14.3 Å². The van der Waals surface area contributed by atoms with E-state index >= 15 is 0 Å². The Morgan fingerprint density at radius 2 is 2.06 bits per heavy atom. The average Bonchev–Trinajstić information content (AvgIpc) is 2.38. The molecule has 0 saturated heterocycles. The molecule has 4 nitrogen and oxygen atoms in total. The Labute approximate surface area is 101 Å². The van der Waals surface area contributed by atoms with Crippen molar-refractivity contribution in [2.45, 2.75) is 26.3 Å². The lowest BCUT2D eigenvalue weighted by molar-refractivity contribution is 0.0938. The van der Waals surface area contributed by atoms with Crippen LogP contribution in [-0.2, 0) is 0 Å². The van der Waals surface area contributed by atoms with Crippen molar-refractivity contribution in [2.24, 2.45) is 0 Å². The first-order valence-corrected chi connectivity index (χ1v) is 5.91. The first-order chi connectivity index (χ1) is 8.20. The quantitative estimate of drug-likeness (QED) is 0.871. The summed E-state index contributed by atoms with van der Waals surface area (Å²) in [4.78, 5) is 11.9. The molecule has 1 N–H and O–H groups in total. The van der Waals surface area contributed by atoms with Crippen LogP contribution in [0.25, 0.3) is 0 Å². The topological polar surface area (TPSA) is 47.6 Å². The molecule has 0 aromatic heterocycles. The fourth-order valence-electron chi connectivity index (χ4n) is 1.59. The molecule has 1 aliphatic heterocycles. The molecule has 1 atom stereocenters. The second-order valence-corrected chi connectivity index (χ2v) is 4.14. The number of hydrogen-bond acceptors (Lipinski definition) is 3. The zero-order valence-corrected chi connectivity index (χ0v) is 10.2. The van der Waals surface area contributed by atoms with Gasteiger partial charge in [0, 0.05) is 11.6 Å². The van der Waals surface area contributed by atoms with Gasteiger partial charge in [-0.1, -0.05) is 6.92 Å². The molecule has 0 saturated carbocycles. The van der Waals surface area contributed by atoms with E-state index in [-0.39, 0.29) is 11.9 Å². The lowest BCUT2D eigenvalue weighted by atomic mass is 10.1. The molecule has 1 amide bonds. The Hall–Kier alpha value is -1.71. The van der Waals surface area contributed by atoms with Crippen molar-refractivity contribution >= 4 is 5.91 Å². The largest absolute Gasteiger partial charge is 0.486 e. The summed E-state index contributed by atoms with van der Waals surface area (Å²) >= 11 is 0. The lowest BCUT2D eigenvalue weighted by Crippen LogP contribution is -2.32. The Bertz CT molecular complexity index is 417. The summed E-state index contributed by atoms with van der Waals surface area (Å²) < 4.78 is 10.8. The predicted molar refractivity (Wildman–Crippen MR) is 64.7 cm³/mol. The van der Waals surface area contributed by atoms with Crippen LogP contribution >= 0.6 is 0 Å². The molecule has 17 heavy (non-hydrogen) atoms. The molecule has 1 heterocycles. The first kappa shape index (κ1) is 11.8. The van der Waals surface area contributed by atoms with E-state index in [0.717, 1.165) is 6.42 Å². The van der Waals surface area contributed by atoms with Crippen molar-refractivity contribution in [3.8, 4) is 11.5 Å². The molecule has 2 rings (SSSR count). The smallest absolute Gasteiger partial charge is 0.251 e. The van der Waals surface area contributed by atoms with Gasteiger partial charge in [0.15, 0.2) is 11.5 Å². The number of amides is 1. The van der Waals surface area contributed by atoms with Gasteiger partial charge in [0.1, 0.15) is 13.2 Å². The highest BCUT2D eigenvalue weighted by atomic mass is 16.6. The molecule has 0 radical (unpaired) electrons. The lowest BCUT2D eigenvalue weighted by Gasteiger charge is -2.19. The molecule has 4 heteroatoms. The molecule has 0 bridgehead atoms. The molecule has 1 aromatic rings. The van der Waals surface area contributed by atoms with Crippen molar-refractivity contribution in [3.63, 3.8) is 0 Å². The number of carbonyl (C=O) groups excluding carboxylic acids is 1. The number of fused-ring (bicyclic) bond motifs is 1. The summed E-state index contributed by atoms with van der Waals surface area (Å²) in [5.41, 5.74) is 0.606. The number of benzene rings is 1. The molecule has 92 valence electrons. The number of ether oxygens (including phenoxy) is 2. The Morgan fingerprint density at radius 3 is 2.76 bits per heavy atom. The Balaban J connectivity index is 2.13. The molecule has 1 unspecified atom stereocenters. The second-order valence-electron chi connectivity index (χ2n) is 4.14. The molecular formula is C13H17NO3. The molecule has 0 fully saturated rings. The maximum Gasteiger partial charge on any atom is 0.251 e. The van der Waals surface area contributed by atoms with Crippen LogP contribution in [0.4, 0.5) is 0 Å². The van der Waals surface area contributed by atoms with Crippen molar-refractivity contribution in [3.05, 3.63) is 23.8 Å². The van der Waals surface area contributed by atoms with Crippen LogP contribution in [0, 0.1) is 0 Å². The molecule has 0 aliphatic carbocycles. The maximum absolute atomic E-state index is 11.9. The molecular weight excluding hydrogens is 218 g/mol. The van der Waals surface area contributed by atoms with Crippen LogP contribution in [0.5, 0.6) is 11.5 Å². The van der Waals surface area contributed by atoms with Crippen LogP contribution in [0.15, 0.2) is 18.2 Å². The highest BCUT2D eigenvalue weighted by molar-refractivity contribution is 5.95. The van der Waals surface area contributed by atoms with E-state index in [4.69, 9.17) is 9.47 Å². The van der Waals surface area contributed by atoms with E-state index < -0.39 is 0 Å². The van der Waals surface area contributed by atoms with E-state index in [9.17, 15) is 4.79 Å². The fraction of sp³-hybridized carbons (Fsp3) is 0.462. The van der Waals surface area contributed by atoms with Gasteiger partial charge >= 0.3 is 0 Å². The van der Waals surface area contributed by atoms with Crippen molar-refractivity contribution in [2.75, 3.05) is 13.2 Å². The summed E-state index contributed by atoms with van der Waals surface area (Å²) in [6.45, 7) is 5.11. The van der Waals surface area contributed by atoms with E-state index in [1.54, 1.807) is 18.2 Å². The van der Waals surface area contributed by atoms with Gasteiger partial charge in [0.2, 0.25) is 0 Å². The van der Waals surface area contributed by atoms with Crippen LogP contribution < -0.4 is 14.8 Å². The normalized spacial score (nSPS) is 15.2. The third-order valence-corrected chi connectivity index (χ3v) is 2.79. The minimum Gasteiger partial charge on any atom is -0.486 e. The highest BCUT2D eigenvalue weighted by Gasteiger charge is 2.15. The van der Waals surface area contributed by atoms with Crippen molar-refractivity contribution in [1.82, 2.24) is 5.32 Å². The summed E-state index contributed by atoms with van der Waals surface area (Å²) in [6, 6.07) is 5.44. The second kappa shape index (κ2) is 5.08. The monoisotopic (exact) mass is 235 g/mol. The van der Waals surface area contributed by atoms with Gasteiger partial charge in [-0.05, 0) is 31.5 Å². The zero-order chi connectivity index (χ0) is 12.3. The van der Waals surface area contributed by atoms with Crippen LogP contribution in [-0.4, -0.2) is 25.2 Å². The van der Waals surface area contributed by atoms with E-state index in [0.29, 0.717) is 30.3 Å². The predicted octanol–water partition coefficient (Wildman–Crippen LogP) is 1.99. The summed E-state index contributed by atoms with van der Waals surface area (Å²) in [5, 5.41) is 2.92. The third-order valence-electron chi connectivity index (χ3n) is 2.79. The van der Waals surface area contributed by atoms with Crippen LogP contribution in [0.3, 0.4) is 0 Å². The SMILES string of the molecule is CCC(C)NC(=O)c1ccc2c(c1)OCCO2. The van der Waals surface area contributed by atoms with Gasteiger partial charge in [-0.15, -0.1) is 0 Å². The number of carbonyl (C=O) groups is 1. The van der Waals surface area contributed by atoms with Gasteiger partial charge in [0.05, 0.1) is 0 Å². The van der Waals surface area contributed by atoms with Crippen LogP contribution in [0.2, 0.25) is 0 Å². The van der Waals surface area contributed by atoms with E-state index in [1.807, 2.05) is 13.8 Å². The Kier molecular flexibility index (Phi) is 3.52. The highest BCUT2D eigenvalue weighted by Crippen LogP contribution is 2.30. The van der Waals surface area contributed by atoms with Gasteiger partial charge in [0.25, 0.3) is 5.91 Å². The van der Waals surface area contributed by atoms with Crippen LogP contribution in [0.1, 0.15) is 30.6 Å². The van der Waals surface area contributed by atoms with Gasteiger partial charge in [-0.2, -0.15) is 0 Å². The third kappa shape index (κ3) is 2.70. The fourth-order valence-corrected chi connectivity index (χ4v) is 1.59. The van der Waals surface area contributed by atoms with Gasteiger partial charge < -0.3 is 14.8 Å². The van der Waals surface area contributed by atoms with Crippen molar-refractivity contribution in [1.29, 1.82) is 0 Å². The summed E-state index contributed by atoms with van der Waals surface area (Å²) in [7, 11) is 0. The first-order valence-electron chi connectivity index (χ1n) is 5.91. The van der Waals surface area contributed by atoms with E-state index in [1.165, 1.54) is 0 Å². The number of rotatable bonds is 3. The zero-order valence-electron chi connectivity index (χ0n) is 10.2. The molecule has 0 spiro atoms. The molecule has 1 aromatic carbocycles. The minimum absolute atomic E-state index is 0.0728.